The fourth-order valence-electron chi connectivity index (χ4n) is 3.38. The van der Waals surface area contributed by atoms with Crippen LogP contribution in [-0.2, 0) is 21.2 Å². The molecule has 0 fully saturated rings. The third-order valence-electron chi connectivity index (χ3n) is 5.27. The standard InChI is InChI=1S/C26H29N3O3S/c1-4-22-10-8-9-13-25(22)29(33(31,32)24-11-6-5-7-12-24)19-26(30)28-27-18-21-14-16-23(17-15-21)20(2)3/h5-18,20H,4,19H2,1-3H3,(H,28,30)/b27-18-. The zero-order valence-electron chi connectivity index (χ0n) is 19.1. The molecule has 3 aromatic rings. The van der Waals surface area contributed by atoms with Crippen molar-refractivity contribution in [2.24, 2.45) is 5.10 Å². The molecule has 0 radical (unpaired) electrons. The van der Waals surface area contributed by atoms with Gasteiger partial charge >= 0.3 is 0 Å². The number of nitrogens with one attached hydrogen (secondary N) is 1. The van der Waals surface area contributed by atoms with Crippen LogP contribution in [-0.4, -0.2) is 27.1 Å². The highest BCUT2D eigenvalue weighted by Crippen LogP contribution is 2.27. The lowest BCUT2D eigenvalue weighted by atomic mass is 10.0. The van der Waals surface area contributed by atoms with Crippen molar-refractivity contribution >= 4 is 27.8 Å². The predicted molar refractivity (Wildman–Crippen MR) is 133 cm³/mol. The van der Waals surface area contributed by atoms with Crippen molar-refractivity contribution in [2.45, 2.75) is 38.0 Å². The average Bonchev–Trinajstić information content (AvgIpc) is 2.83. The monoisotopic (exact) mass is 463 g/mol. The largest absolute Gasteiger partial charge is 0.271 e. The summed E-state index contributed by atoms with van der Waals surface area (Å²) < 4.78 is 28.0. The second-order valence-corrected chi connectivity index (χ2v) is 9.78. The minimum Gasteiger partial charge on any atom is -0.271 e. The molecule has 0 atom stereocenters. The lowest BCUT2D eigenvalue weighted by molar-refractivity contribution is -0.119. The molecule has 172 valence electrons. The molecule has 7 heteroatoms. The van der Waals surface area contributed by atoms with Gasteiger partial charge in [-0.2, -0.15) is 5.10 Å². The molecule has 0 aliphatic carbocycles. The van der Waals surface area contributed by atoms with Crippen molar-refractivity contribution in [1.82, 2.24) is 5.43 Å². The van der Waals surface area contributed by atoms with E-state index in [1.807, 2.05) is 43.3 Å². The molecule has 33 heavy (non-hydrogen) atoms. The summed E-state index contributed by atoms with van der Waals surface area (Å²) in [5.74, 6) is -0.102. The molecule has 0 aromatic heterocycles. The maximum Gasteiger partial charge on any atom is 0.264 e. The Labute approximate surface area is 196 Å². The molecule has 0 bridgehead atoms. The van der Waals surface area contributed by atoms with Crippen molar-refractivity contribution in [3.63, 3.8) is 0 Å². The maximum absolute atomic E-state index is 13.4. The van der Waals surface area contributed by atoms with Crippen molar-refractivity contribution in [3.8, 4) is 0 Å². The number of hydrogen-bond donors (Lipinski definition) is 1. The van der Waals surface area contributed by atoms with Crippen molar-refractivity contribution in [1.29, 1.82) is 0 Å². The molecule has 6 nitrogen and oxygen atoms in total. The Hall–Kier alpha value is -3.45. The highest BCUT2D eigenvalue weighted by molar-refractivity contribution is 7.92. The predicted octanol–water partition coefficient (Wildman–Crippen LogP) is 4.72. The molecule has 1 amide bonds. The van der Waals surface area contributed by atoms with E-state index in [2.05, 4.69) is 24.4 Å². The molecule has 0 aliphatic rings. The quantitative estimate of drug-likeness (QED) is 0.368. The zero-order valence-corrected chi connectivity index (χ0v) is 19.9. The van der Waals surface area contributed by atoms with Gasteiger partial charge in [-0.1, -0.05) is 81.4 Å². The van der Waals surface area contributed by atoms with Crippen LogP contribution in [0, 0.1) is 0 Å². The van der Waals surface area contributed by atoms with Gasteiger partial charge in [-0.3, -0.25) is 9.10 Å². The molecule has 1 N–H and O–H groups in total. The summed E-state index contributed by atoms with van der Waals surface area (Å²) in [6.07, 6.45) is 2.17. The normalized spacial score (nSPS) is 11.6. The Kier molecular flexibility index (Phi) is 8.01. The third kappa shape index (κ3) is 6.08. The van der Waals surface area contributed by atoms with Gasteiger partial charge in [-0.05, 0) is 47.2 Å². The molecule has 0 heterocycles. The molecule has 3 rings (SSSR count). The van der Waals surface area contributed by atoms with Crippen LogP contribution in [0.2, 0.25) is 0 Å². The van der Waals surface area contributed by atoms with E-state index in [-0.39, 0.29) is 4.90 Å². The summed E-state index contributed by atoms with van der Waals surface area (Å²) in [7, 11) is -3.95. The van der Waals surface area contributed by atoms with E-state index in [1.54, 1.807) is 30.3 Å². The lowest BCUT2D eigenvalue weighted by Crippen LogP contribution is -2.40. The first-order chi connectivity index (χ1) is 15.8. The fourth-order valence-corrected chi connectivity index (χ4v) is 4.86. The highest BCUT2D eigenvalue weighted by atomic mass is 32.2. The van der Waals surface area contributed by atoms with Gasteiger partial charge in [0.05, 0.1) is 16.8 Å². The number of benzene rings is 3. The third-order valence-corrected chi connectivity index (χ3v) is 7.04. The van der Waals surface area contributed by atoms with Crippen molar-refractivity contribution in [3.05, 3.63) is 95.6 Å². The Bertz CT molecular complexity index is 1210. The first kappa shape index (κ1) is 24.2. The van der Waals surface area contributed by atoms with Crippen LogP contribution >= 0.6 is 0 Å². The number of carbonyl (C=O) groups is 1. The minimum atomic E-state index is -3.95. The molecule has 3 aromatic carbocycles. The number of hydrogen-bond acceptors (Lipinski definition) is 4. The number of anilines is 1. The number of carbonyl (C=O) groups excluding carboxylic acids is 1. The number of rotatable bonds is 9. The van der Waals surface area contributed by atoms with Crippen LogP contribution in [0.4, 0.5) is 5.69 Å². The highest BCUT2D eigenvalue weighted by Gasteiger charge is 2.28. The summed E-state index contributed by atoms with van der Waals surface area (Å²) in [5.41, 5.74) is 5.82. The number of hydrazone groups is 1. The molecule has 0 saturated carbocycles. The second kappa shape index (κ2) is 10.9. The summed E-state index contributed by atoms with van der Waals surface area (Å²) >= 11 is 0. The molecule has 0 unspecified atom stereocenters. The van der Waals surface area contributed by atoms with Gasteiger partial charge in [-0.25, -0.2) is 13.8 Å². The Morgan fingerprint density at radius 3 is 2.24 bits per heavy atom. The number of nitrogens with zero attached hydrogens (tertiary/aromatic N) is 2. The van der Waals surface area contributed by atoms with Crippen LogP contribution in [0.15, 0.2) is 88.9 Å². The van der Waals surface area contributed by atoms with E-state index < -0.39 is 22.5 Å². The smallest absolute Gasteiger partial charge is 0.264 e. The number of aryl methyl sites for hydroxylation is 1. The van der Waals surface area contributed by atoms with Crippen LogP contribution in [0.25, 0.3) is 0 Å². The van der Waals surface area contributed by atoms with Gasteiger partial charge in [0, 0.05) is 0 Å². The number of sulfonamides is 1. The van der Waals surface area contributed by atoms with E-state index >= 15 is 0 Å². The van der Waals surface area contributed by atoms with Crippen LogP contribution in [0.1, 0.15) is 43.4 Å². The average molecular weight is 464 g/mol. The molecule has 0 saturated heterocycles. The van der Waals surface area contributed by atoms with Gasteiger partial charge in [0.15, 0.2) is 0 Å². The van der Waals surface area contributed by atoms with Gasteiger partial charge in [0.1, 0.15) is 6.54 Å². The number of para-hydroxylation sites is 1. The first-order valence-corrected chi connectivity index (χ1v) is 12.3. The molecule has 0 aliphatic heterocycles. The van der Waals surface area contributed by atoms with Crippen molar-refractivity contribution < 1.29 is 13.2 Å². The Balaban J connectivity index is 1.82. The SMILES string of the molecule is CCc1ccccc1N(CC(=O)N/N=C\c1ccc(C(C)C)cc1)S(=O)(=O)c1ccccc1. The van der Waals surface area contributed by atoms with Crippen LogP contribution in [0.5, 0.6) is 0 Å². The number of amides is 1. The van der Waals surface area contributed by atoms with E-state index in [0.29, 0.717) is 18.0 Å². The van der Waals surface area contributed by atoms with Crippen LogP contribution < -0.4 is 9.73 Å². The van der Waals surface area contributed by atoms with Gasteiger partial charge in [-0.15, -0.1) is 0 Å². The van der Waals surface area contributed by atoms with E-state index in [9.17, 15) is 13.2 Å². The second-order valence-electron chi connectivity index (χ2n) is 7.92. The summed E-state index contributed by atoms with van der Waals surface area (Å²) in [4.78, 5) is 12.8. The fraction of sp³-hybridized carbons (Fsp3) is 0.231. The first-order valence-electron chi connectivity index (χ1n) is 10.9. The lowest BCUT2D eigenvalue weighted by Gasteiger charge is -2.25. The topological polar surface area (TPSA) is 78.8 Å². The summed E-state index contributed by atoms with van der Waals surface area (Å²) in [6, 6.07) is 23.2. The summed E-state index contributed by atoms with van der Waals surface area (Å²) in [6.45, 7) is 5.80. The van der Waals surface area contributed by atoms with Gasteiger partial charge in [0.25, 0.3) is 15.9 Å². The van der Waals surface area contributed by atoms with E-state index in [4.69, 9.17) is 0 Å². The van der Waals surface area contributed by atoms with E-state index in [0.717, 1.165) is 15.4 Å². The van der Waals surface area contributed by atoms with Gasteiger partial charge < -0.3 is 0 Å². The summed E-state index contributed by atoms with van der Waals surface area (Å²) in [5, 5.41) is 4.01. The Morgan fingerprint density at radius 2 is 1.61 bits per heavy atom. The maximum atomic E-state index is 13.4. The molecule has 0 spiro atoms. The Morgan fingerprint density at radius 1 is 0.970 bits per heavy atom. The van der Waals surface area contributed by atoms with Crippen molar-refractivity contribution in [2.75, 3.05) is 10.8 Å². The minimum absolute atomic E-state index is 0.123. The zero-order chi connectivity index (χ0) is 23.8. The molecular weight excluding hydrogens is 434 g/mol. The van der Waals surface area contributed by atoms with Gasteiger partial charge in [0.2, 0.25) is 0 Å². The molecular formula is C26H29N3O3S. The van der Waals surface area contributed by atoms with E-state index in [1.165, 1.54) is 23.9 Å². The van der Waals surface area contributed by atoms with Crippen LogP contribution in [0.3, 0.4) is 0 Å².